The molecule has 25 heavy (non-hydrogen) atoms. The molecule has 1 amide bonds. The SMILES string of the molecule is CCOCCCNC(=O)C(C)Sc1nc(C)c(C)n1C1CCCCC1. The molecule has 0 saturated heterocycles. The molecule has 0 bridgehead atoms. The molecule has 0 aromatic carbocycles. The van der Waals surface area contributed by atoms with Crippen LogP contribution in [0.3, 0.4) is 0 Å². The summed E-state index contributed by atoms with van der Waals surface area (Å²) in [6.45, 7) is 10.3. The summed E-state index contributed by atoms with van der Waals surface area (Å²) in [4.78, 5) is 17.1. The lowest BCUT2D eigenvalue weighted by molar-refractivity contribution is -0.120. The number of hydrogen-bond donors (Lipinski definition) is 1. The van der Waals surface area contributed by atoms with Crippen LogP contribution < -0.4 is 5.32 Å². The van der Waals surface area contributed by atoms with Gasteiger partial charge in [-0.05, 0) is 47.0 Å². The topological polar surface area (TPSA) is 56.1 Å². The Bertz CT molecular complexity index is 553. The van der Waals surface area contributed by atoms with Crippen LogP contribution in [-0.2, 0) is 9.53 Å². The third kappa shape index (κ3) is 5.74. The molecule has 142 valence electrons. The zero-order valence-corrected chi connectivity index (χ0v) is 17.0. The lowest BCUT2D eigenvalue weighted by Crippen LogP contribution is -2.32. The van der Waals surface area contributed by atoms with Crippen LogP contribution in [0.5, 0.6) is 0 Å². The van der Waals surface area contributed by atoms with Gasteiger partial charge in [0.05, 0.1) is 10.9 Å². The first kappa shape index (κ1) is 20.3. The number of carbonyl (C=O) groups is 1. The number of aromatic nitrogens is 2. The number of thioether (sulfide) groups is 1. The summed E-state index contributed by atoms with van der Waals surface area (Å²) in [6, 6.07) is 0.541. The Labute approximate surface area is 156 Å². The molecule has 1 aromatic heterocycles. The van der Waals surface area contributed by atoms with Gasteiger partial charge >= 0.3 is 0 Å². The molecule has 1 N–H and O–H groups in total. The molecule has 1 aromatic rings. The van der Waals surface area contributed by atoms with Gasteiger partial charge in [-0.15, -0.1) is 0 Å². The molecule has 1 aliphatic carbocycles. The standard InChI is InChI=1S/C19H33N3O2S/c1-5-24-13-9-12-20-18(23)16(4)25-19-21-14(2)15(3)22(19)17-10-7-6-8-11-17/h16-17H,5-13H2,1-4H3,(H,20,23). The van der Waals surface area contributed by atoms with Crippen LogP contribution in [0.2, 0.25) is 0 Å². The molecule has 0 radical (unpaired) electrons. The molecule has 2 rings (SSSR count). The Kier molecular flexibility index (Phi) is 8.30. The van der Waals surface area contributed by atoms with E-state index < -0.39 is 0 Å². The second-order valence-electron chi connectivity index (χ2n) is 6.83. The molecule has 1 saturated carbocycles. The minimum Gasteiger partial charge on any atom is -0.382 e. The molecule has 5 nitrogen and oxygen atoms in total. The van der Waals surface area contributed by atoms with E-state index in [9.17, 15) is 4.79 Å². The largest absolute Gasteiger partial charge is 0.382 e. The van der Waals surface area contributed by atoms with Crippen LogP contribution in [0.1, 0.15) is 69.8 Å². The quantitative estimate of drug-likeness (QED) is 0.529. The minimum absolute atomic E-state index is 0.0787. The number of carbonyl (C=O) groups excluding carboxylic acids is 1. The van der Waals surface area contributed by atoms with Crippen molar-refractivity contribution in [3.05, 3.63) is 11.4 Å². The van der Waals surface area contributed by atoms with Crippen LogP contribution in [0, 0.1) is 13.8 Å². The predicted octanol–water partition coefficient (Wildman–Crippen LogP) is 4.03. The van der Waals surface area contributed by atoms with Crippen LogP contribution in [0.15, 0.2) is 5.16 Å². The first-order valence-electron chi connectivity index (χ1n) is 9.62. The van der Waals surface area contributed by atoms with Crippen LogP contribution >= 0.6 is 11.8 Å². The maximum Gasteiger partial charge on any atom is 0.233 e. The van der Waals surface area contributed by atoms with Crippen molar-refractivity contribution in [3.8, 4) is 0 Å². The van der Waals surface area contributed by atoms with E-state index in [1.165, 1.54) is 37.8 Å². The first-order valence-corrected chi connectivity index (χ1v) is 10.5. The van der Waals surface area contributed by atoms with Crippen molar-refractivity contribution in [1.82, 2.24) is 14.9 Å². The lowest BCUT2D eigenvalue weighted by atomic mass is 9.95. The average Bonchev–Trinajstić information content (AvgIpc) is 2.89. The first-order chi connectivity index (χ1) is 12.0. The Balaban J connectivity index is 1.94. The molecule has 1 aliphatic rings. The molecule has 1 unspecified atom stereocenters. The highest BCUT2D eigenvalue weighted by Gasteiger charge is 2.24. The van der Waals surface area contributed by atoms with Gasteiger partial charge in [0.25, 0.3) is 0 Å². The van der Waals surface area contributed by atoms with Crippen molar-refractivity contribution in [2.75, 3.05) is 19.8 Å². The Hall–Kier alpha value is -1.01. The summed E-state index contributed by atoms with van der Waals surface area (Å²) in [7, 11) is 0. The third-order valence-corrected chi connectivity index (χ3v) is 5.98. The zero-order chi connectivity index (χ0) is 18.2. The summed E-state index contributed by atoms with van der Waals surface area (Å²) in [5, 5.41) is 3.86. The number of nitrogens with zero attached hydrogens (tertiary/aromatic N) is 2. The molecule has 1 atom stereocenters. The number of ether oxygens (including phenoxy) is 1. The van der Waals surface area contributed by atoms with Crippen molar-refractivity contribution in [1.29, 1.82) is 0 Å². The van der Waals surface area contributed by atoms with Crippen molar-refractivity contribution in [2.24, 2.45) is 0 Å². The Morgan fingerprint density at radius 2 is 2.08 bits per heavy atom. The Morgan fingerprint density at radius 1 is 1.36 bits per heavy atom. The number of rotatable bonds is 9. The fraction of sp³-hybridized carbons (Fsp3) is 0.789. The summed E-state index contributed by atoms with van der Waals surface area (Å²) in [5.74, 6) is 0.0787. The van der Waals surface area contributed by atoms with Gasteiger partial charge in [0.2, 0.25) is 5.91 Å². The highest BCUT2D eigenvalue weighted by molar-refractivity contribution is 8.00. The summed E-state index contributed by atoms with van der Waals surface area (Å²) >= 11 is 1.58. The van der Waals surface area contributed by atoms with E-state index in [4.69, 9.17) is 9.72 Å². The van der Waals surface area contributed by atoms with Gasteiger partial charge in [-0.25, -0.2) is 4.98 Å². The van der Waals surface area contributed by atoms with E-state index in [-0.39, 0.29) is 11.2 Å². The van der Waals surface area contributed by atoms with E-state index in [1.54, 1.807) is 11.8 Å². The number of aryl methyl sites for hydroxylation is 1. The van der Waals surface area contributed by atoms with Crippen molar-refractivity contribution >= 4 is 17.7 Å². The summed E-state index contributed by atoms with van der Waals surface area (Å²) in [6.07, 6.45) is 7.23. The van der Waals surface area contributed by atoms with E-state index in [1.807, 2.05) is 13.8 Å². The Morgan fingerprint density at radius 3 is 2.76 bits per heavy atom. The van der Waals surface area contributed by atoms with Gasteiger partial charge in [-0.1, -0.05) is 31.0 Å². The van der Waals surface area contributed by atoms with E-state index in [2.05, 4.69) is 23.7 Å². The summed E-state index contributed by atoms with van der Waals surface area (Å²) in [5.41, 5.74) is 2.33. The van der Waals surface area contributed by atoms with E-state index in [0.29, 0.717) is 19.2 Å². The normalized spacial score (nSPS) is 16.8. The lowest BCUT2D eigenvalue weighted by Gasteiger charge is -2.26. The monoisotopic (exact) mass is 367 g/mol. The van der Waals surface area contributed by atoms with E-state index in [0.717, 1.165) is 23.9 Å². The van der Waals surface area contributed by atoms with Crippen molar-refractivity contribution in [3.63, 3.8) is 0 Å². The van der Waals surface area contributed by atoms with E-state index >= 15 is 0 Å². The van der Waals surface area contributed by atoms with Gasteiger partial charge < -0.3 is 14.6 Å². The fourth-order valence-electron chi connectivity index (χ4n) is 3.33. The number of amides is 1. The van der Waals surface area contributed by atoms with Crippen molar-refractivity contribution < 1.29 is 9.53 Å². The van der Waals surface area contributed by atoms with Crippen LogP contribution in [0.25, 0.3) is 0 Å². The number of hydrogen-bond acceptors (Lipinski definition) is 4. The van der Waals surface area contributed by atoms with Crippen LogP contribution in [-0.4, -0.2) is 40.5 Å². The molecule has 1 fully saturated rings. The number of imidazole rings is 1. The van der Waals surface area contributed by atoms with Gasteiger partial charge in [0, 0.05) is 31.5 Å². The zero-order valence-electron chi connectivity index (χ0n) is 16.1. The molecule has 0 aliphatic heterocycles. The molecule has 6 heteroatoms. The maximum absolute atomic E-state index is 12.3. The molecular formula is C19H33N3O2S. The van der Waals surface area contributed by atoms with Gasteiger partial charge in [-0.2, -0.15) is 0 Å². The summed E-state index contributed by atoms with van der Waals surface area (Å²) < 4.78 is 7.69. The highest BCUT2D eigenvalue weighted by Crippen LogP contribution is 2.35. The minimum atomic E-state index is -0.143. The van der Waals surface area contributed by atoms with Crippen molar-refractivity contribution in [2.45, 2.75) is 82.7 Å². The van der Waals surface area contributed by atoms with Gasteiger partial charge in [0.15, 0.2) is 5.16 Å². The number of nitrogens with one attached hydrogen (secondary N) is 1. The van der Waals surface area contributed by atoms with Gasteiger partial charge in [0.1, 0.15) is 0 Å². The third-order valence-electron chi connectivity index (χ3n) is 4.91. The second-order valence-corrected chi connectivity index (χ2v) is 8.14. The smallest absolute Gasteiger partial charge is 0.233 e. The fourth-order valence-corrected chi connectivity index (χ4v) is 4.43. The molecular weight excluding hydrogens is 334 g/mol. The molecule has 0 spiro atoms. The average molecular weight is 368 g/mol. The second kappa shape index (κ2) is 10.2. The maximum atomic E-state index is 12.3. The highest BCUT2D eigenvalue weighted by atomic mass is 32.2. The van der Waals surface area contributed by atoms with Gasteiger partial charge in [-0.3, -0.25) is 4.79 Å². The molecule has 1 heterocycles. The predicted molar refractivity (Wildman–Crippen MR) is 103 cm³/mol. The van der Waals surface area contributed by atoms with Crippen LogP contribution in [0.4, 0.5) is 0 Å².